The molecule has 0 saturated carbocycles. The van der Waals surface area contributed by atoms with Crippen molar-refractivity contribution in [2.24, 2.45) is 0 Å². The van der Waals surface area contributed by atoms with E-state index in [4.69, 9.17) is 4.74 Å². The molecule has 1 saturated heterocycles. The highest BCUT2D eigenvalue weighted by molar-refractivity contribution is 7.91. The van der Waals surface area contributed by atoms with Crippen LogP contribution >= 0.6 is 0 Å². The van der Waals surface area contributed by atoms with Crippen molar-refractivity contribution in [1.29, 1.82) is 0 Å². The van der Waals surface area contributed by atoms with E-state index >= 15 is 0 Å². The van der Waals surface area contributed by atoms with Crippen molar-refractivity contribution >= 4 is 15.7 Å². The minimum Gasteiger partial charge on any atom is -0.491 e. The standard InChI is InChI=1S/C21H24FNO4S/c1-15(2)27-20-9-5-17(6-10-20)21(24)23(19-11-12-28(25,26)14-19)13-16-3-7-18(22)8-4-16/h3-10,15,19H,11-14H2,1-2H3/t19-/m0/s1. The minimum atomic E-state index is -3.15. The van der Waals surface area contributed by atoms with Crippen molar-refractivity contribution in [3.8, 4) is 5.75 Å². The Hall–Kier alpha value is -2.41. The van der Waals surface area contributed by atoms with Gasteiger partial charge in [-0.25, -0.2) is 12.8 Å². The van der Waals surface area contributed by atoms with Gasteiger partial charge >= 0.3 is 0 Å². The van der Waals surface area contributed by atoms with Gasteiger partial charge in [0, 0.05) is 18.2 Å². The summed E-state index contributed by atoms with van der Waals surface area (Å²) in [6.45, 7) is 4.07. The minimum absolute atomic E-state index is 0.0280. The van der Waals surface area contributed by atoms with Gasteiger partial charge in [-0.15, -0.1) is 0 Å². The van der Waals surface area contributed by atoms with Gasteiger partial charge in [-0.1, -0.05) is 12.1 Å². The Balaban J connectivity index is 1.84. The van der Waals surface area contributed by atoms with E-state index in [-0.39, 0.29) is 35.9 Å². The average molecular weight is 405 g/mol. The first kappa shape index (κ1) is 20.3. The number of ether oxygens (including phenoxy) is 1. The van der Waals surface area contributed by atoms with Crippen molar-refractivity contribution in [2.75, 3.05) is 11.5 Å². The zero-order valence-electron chi connectivity index (χ0n) is 16.0. The number of hydrogen-bond acceptors (Lipinski definition) is 4. The molecule has 0 aliphatic carbocycles. The van der Waals surface area contributed by atoms with Crippen LogP contribution < -0.4 is 4.74 Å². The lowest BCUT2D eigenvalue weighted by Crippen LogP contribution is -2.40. The summed E-state index contributed by atoms with van der Waals surface area (Å²) in [5.41, 5.74) is 1.21. The van der Waals surface area contributed by atoms with Gasteiger partial charge in [0.25, 0.3) is 5.91 Å². The lowest BCUT2D eigenvalue weighted by atomic mass is 10.1. The van der Waals surface area contributed by atoms with E-state index < -0.39 is 15.9 Å². The third-order valence-corrected chi connectivity index (χ3v) is 6.40. The van der Waals surface area contributed by atoms with Crippen LogP contribution in [0.5, 0.6) is 5.75 Å². The number of rotatable bonds is 6. The highest BCUT2D eigenvalue weighted by Gasteiger charge is 2.35. The van der Waals surface area contributed by atoms with Gasteiger partial charge in [0.1, 0.15) is 11.6 Å². The molecule has 1 atom stereocenters. The third-order valence-electron chi connectivity index (χ3n) is 4.65. The van der Waals surface area contributed by atoms with Crippen molar-refractivity contribution in [3.63, 3.8) is 0 Å². The zero-order chi connectivity index (χ0) is 20.3. The maximum Gasteiger partial charge on any atom is 0.254 e. The Kier molecular flexibility index (Phi) is 6.03. The van der Waals surface area contributed by atoms with E-state index in [0.29, 0.717) is 17.7 Å². The molecule has 0 aromatic heterocycles. The molecule has 28 heavy (non-hydrogen) atoms. The number of benzene rings is 2. The number of halogens is 1. The normalized spacial score (nSPS) is 18.2. The Morgan fingerprint density at radius 2 is 1.79 bits per heavy atom. The van der Waals surface area contributed by atoms with Crippen LogP contribution in [0.2, 0.25) is 0 Å². The molecule has 0 N–H and O–H groups in total. The van der Waals surface area contributed by atoms with Gasteiger partial charge in [0.05, 0.1) is 17.6 Å². The molecule has 1 amide bonds. The van der Waals surface area contributed by atoms with Crippen LogP contribution in [0, 0.1) is 5.82 Å². The largest absolute Gasteiger partial charge is 0.491 e. The molecule has 150 valence electrons. The number of amides is 1. The van der Waals surface area contributed by atoms with E-state index in [1.165, 1.54) is 12.1 Å². The van der Waals surface area contributed by atoms with E-state index in [9.17, 15) is 17.6 Å². The van der Waals surface area contributed by atoms with Gasteiger partial charge in [0.15, 0.2) is 9.84 Å². The SMILES string of the molecule is CC(C)Oc1ccc(C(=O)N(Cc2ccc(F)cc2)[C@H]2CCS(=O)(=O)C2)cc1. The molecule has 2 aromatic carbocycles. The van der Waals surface area contributed by atoms with Crippen LogP contribution in [0.1, 0.15) is 36.2 Å². The Morgan fingerprint density at radius 1 is 1.14 bits per heavy atom. The molecule has 1 aliphatic heterocycles. The Morgan fingerprint density at radius 3 is 2.32 bits per heavy atom. The summed E-state index contributed by atoms with van der Waals surface area (Å²) in [6.07, 6.45) is 0.435. The van der Waals surface area contributed by atoms with Crippen LogP contribution in [-0.2, 0) is 16.4 Å². The number of carbonyl (C=O) groups excluding carboxylic acids is 1. The Labute approximate surface area is 165 Å². The van der Waals surface area contributed by atoms with Crippen LogP contribution in [0.25, 0.3) is 0 Å². The highest BCUT2D eigenvalue weighted by atomic mass is 32.2. The molecule has 2 aromatic rings. The van der Waals surface area contributed by atoms with Crippen LogP contribution in [0.3, 0.4) is 0 Å². The smallest absolute Gasteiger partial charge is 0.254 e. The van der Waals surface area contributed by atoms with Gasteiger partial charge < -0.3 is 9.64 Å². The van der Waals surface area contributed by atoms with Crippen molar-refractivity contribution in [1.82, 2.24) is 4.90 Å². The molecular formula is C21H24FNO4S. The second kappa shape index (κ2) is 8.31. The van der Waals surface area contributed by atoms with Crippen molar-refractivity contribution < 1.29 is 22.3 Å². The molecule has 7 heteroatoms. The van der Waals surface area contributed by atoms with Crippen LogP contribution in [0.15, 0.2) is 48.5 Å². The first-order valence-electron chi connectivity index (χ1n) is 9.26. The second-order valence-electron chi connectivity index (χ2n) is 7.31. The van der Waals surface area contributed by atoms with Crippen LogP contribution in [-0.4, -0.2) is 42.9 Å². The predicted molar refractivity (Wildman–Crippen MR) is 106 cm³/mol. The lowest BCUT2D eigenvalue weighted by Gasteiger charge is -2.28. The van der Waals surface area contributed by atoms with E-state index in [1.807, 2.05) is 13.8 Å². The van der Waals surface area contributed by atoms with Gasteiger partial charge in [-0.2, -0.15) is 0 Å². The lowest BCUT2D eigenvalue weighted by molar-refractivity contribution is 0.0681. The first-order valence-corrected chi connectivity index (χ1v) is 11.1. The highest BCUT2D eigenvalue weighted by Crippen LogP contribution is 2.23. The van der Waals surface area contributed by atoms with E-state index in [0.717, 1.165) is 5.56 Å². The fourth-order valence-electron chi connectivity index (χ4n) is 3.29. The maximum atomic E-state index is 13.2. The summed E-state index contributed by atoms with van der Waals surface area (Å²) in [4.78, 5) is 14.7. The molecule has 1 heterocycles. The molecule has 1 fully saturated rings. The second-order valence-corrected chi connectivity index (χ2v) is 9.54. The quantitative estimate of drug-likeness (QED) is 0.739. The number of sulfone groups is 1. The zero-order valence-corrected chi connectivity index (χ0v) is 16.8. The van der Waals surface area contributed by atoms with Gasteiger partial charge in [-0.3, -0.25) is 4.79 Å². The summed E-state index contributed by atoms with van der Waals surface area (Å²) < 4.78 is 42.7. The molecule has 0 radical (unpaired) electrons. The van der Waals surface area contributed by atoms with Crippen LogP contribution in [0.4, 0.5) is 4.39 Å². The third kappa shape index (κ3) is 5.10. The van der Waals surface area contributed by atoms with Crippen molar-refractivity contribution in [2.45, 2.75) is 39.0 Å². The van der Waals surface area contributed by atoms with Crippen molar-refractivity contribution in [3.05, 3.63) is 65.5 Å². The molecule has 3 rings (SSSR count). The number of carbonyl (C=O) groups is 1. The first-order chi connectivity index (χ1) is 13.2. The van der Waals surface area contributed by atoms with Gasteiger partial charge in [-0.05, 0) is 62.2 Å². The molecule has 0 unspecified atom stereocenters. The maximum absolute atomic E-state index is 13.2. The predicted octanol–water partition coefficient (Wildman–Crippen LogP) is 3.44. The topological polar surface area (TPSA) is 63.7 Å². The summed E-state index contributed by atoms with van der Waals surface area (Å²) >= 11 is 0. The molecule has 0 bridgehead atoms. The summed E-state index contributed by atoms with van der Waals surface area (Å²) in [7, 11) is -3.15. The fraction of sp³-hybridized carbons (Fsp3) is 0.381. The number of nitrogens with zero attached hydrogens (tertiary/aromatic N) is 1. The monoisotopic (exact) mass is 405 g/mol. The molecule has 1 aliphatic rings. The summed E-state index contributed by atoms with van der Waals surface area (Å²) in [5.74, 6) is 0.0916. The van der Waals surface area contributed by atoms with E-state index in [2.05, 4.69) is 0 Å². The molecule has 0 spiro atoms. The molecular weight excluding hydrogens is 381 g/mol. The fourth-order valence-corrected chi connectivity index (χ4v) is 5.02. The van der Waals surface area contributed by atoms with E-state index in [1.54, 1.807) is 41.3 Å². The average Bonchev–Trinajstić information content (AvgIpc) is 3.00. The number of hydrogen-bond donors (Lipinski definition) is 0. The summed E-state index contributed by atoms with van der Waals surface area (Å²) in [6, 6.07) is 12.3. The summed E-state index contributed by atoms with van der Waals surface area (Å²) in [5, 5.41) is 0. The molecule has 5 nitrogen and oxygen atoms in total. The van der Waals surface area contributed by atoms with Gasteiger partial charge in [0.2, 0.25) is 0 Å². The Bertz CT molecular complexity index is 924.